The van der Waals surface area contributed by atoms with Crippen LogP contribution in [0.5, 0.6) is 0 Å². The van der Waals surface area contributed by atoms with Crippen LogP contribution in [0.1, 0.15) is 13.3 Å². The smallest absolute Gasteiger partial charge is 0.151 e. The number of aromatic nitrogens is 2. The summed E-state index contributed by atoms with van der Waals surface area (Å²) in [4.78, 5) is 8.15. The maximum Gasteiger partial charge on any atom is 0.151 e. The molecule has 1 heterocycles. The maximum atomic E-state index is 13.7. The lowest BCUT2D eigenvalue weighted by Gasteiger charge is -2.10. The summed E-state index contributed by atoms with van der Waals surface area (Å²) >= 11 is 3.03. The molecule has 0 bridgehead atoms. The van der Waals surface area contributed by atoms with Crippen LogP contribution in [0.3, 0.4) is 0 Å². The van der Waals surface area contributed by atoms with Crippen LogP contribution in [0, 0.1) is 11.6 Å². The Labute approximate surface area is 123 Å². The first-order chi connectivity index (χ1) is 9.60. The Bertz CT molecular complexity index is 584. The molecule has 0 atom stereocenters. The SMILES string of the molecule is CCCNc1cncc(Nc2c(F)cc(Br)cc2F)n1. The van der Waals surface area contributed by atoms with E-state index in [2.05, 4.69) is 36.5 Å². The van der Waals surface area contributed by atoms with E-state index in [1.54, 1.807) is 6.20 Å². The molecule has 1 aromatic carbocycles. The minimum absolute atomic E-state index is 0.254. The second kappa shape index (κ2) is 6.60. The number of anilines is 3. The molecular formula is C13H13BrF2N4. The van der Waals surface area contributed by atoms with Crippen LogP contribution in [0.4, 0.5) is 26.1 Å². The highest BCUT2D eigenvalue weighted by molar-refractivity contribution is 9.10. The standard InChI is InChI=1S/C13H13BrF2N4/c1-2-3-18-11-6-17-7-12(19-11)20-13-9(15)4-8(14)5-10(13)16/h4-7H,2-3H2,1H3,(H2,18,19,20). The van der Waals surface area contributed by atoms with Crippen molar-refractivity contribution in [2.45, 2.75) is 13.3 Å². The second-order valence-electron chi connectivity index (χ2n) is 4.09. The van der Waals surface area contributed by atoms with Crippen molar-refractivity contribution < 1.29 is 8.78 Å². The van der Waals surface area contributed by atoms with Crippen LogP contribution >= 0.6 is 15.9 Å². The zero-order valence-corrected chi connectivity index (χ0v) is 12.3. The lowest BCUT2D eigenvalue weighted by atomic mass is 10.3. The molecule has 20 heavy (non-hydrogen) atoms. The highest BCUT2D eigenvalue weighted by atomic mass is 79.9. The first-order valence-electron chi connectivity index (χ1n) is 6.07. The Morgan fingerprint density at radius 1 is 1.15 bits per heavy atom. The molecule has 0 saturated carbocycles. The van der Waals surface area contributed by atoms with Crippen LogP contribution < -0.4 is 10.6 Å². The van der Waals surface area contributed by atoms with E-state index in [0.29, 0.717) is 10.3 Å². The molecular weight excluding hydrogens is 330 g/mol. The van der Waals surface area contributed by atoms with Crippen molar-refractivity contribution in [3.8, 4) is 0 Å². The number of halogens is 3. The predicted molar refractivity (Wildman–Crippen MR) is 78.2 cm³/mol. The van der Waals surface area contributed by atoms with Gasteiger partial charge in [0.25, 0.3) is 0 Å². The topological polar surface area (TPSA) is 49.8 Å². The van der Waals surface area contributed by atoms with E-state index in [0.717, 1.165) is 13.0 Å². The lowest BCUT2D eigenvalue weighted by molar-refractivity contribution is 0.589. The summed E-state index contributed by atoms with van der Waals surface area (Å²) in [6, 6.07) is 2.36. The van der Waals surface area contributed by atoms with E-state index in [9.17, 15) is 8.78 Å². The molecule has 2 rings (SSSR count). The summed E-state index contributed by atoms with van der Waals surface area (Å²) in [6.07, 6.45) is 3.89. The molecule has 0 aliphatic heterocycles. The predicted octanol–water partition coefficient (Wildman–Crippen LogP) is 4.08. The highest BCUT2D eigenvalue weighted by Gasteiger charge is 2.11. The van der Waals surface area contributed by atoms with Gasteiger partial charge in [-0.25, -0.2) is 13.8 Å². The summed E-state index contributed by atoms with van der Waals surface area (Å²) in [5.41, 5.74) is -0.254. The van der Waals surface area contributed by atoms with Crippen LogP contribution in [-0.2, 0) is 0 Å². The number of nitrogens with one attached hydrogen (secondary N) is 2. The fourth-order valence-corrected chi connectivity index (χ4v) is 1.96. The number of hydrogen-bond donors (Lipinski definition) is 2. The molecule has 106 valence electrons. The largest absolute Gasteiger partial charge is 0.369 e. The Balaban J connectivity index is 2.22. The van der Waals surface area contributed by atoms with E-state index >= 15 is 0 Å². The minimum atomic E-state index is -0.703. The van der Waals surface area contributed by atoms with Gasteiger partial charge in [0.05, 0.1) is 12.4 Å². The molecule has 1 aromatic heterocycles. The van der Waals surface area contributed by atoms with E-state index in [4.69, 9.17) is 0 Å². The van der Waals surface area contributed by atoms with Crippen molar-refractivity contribution in [1.29, 1.82) is 0 Å². The third-order valence-electron chi connectivity index (χ3n) is 2.45. The van der Waals surface area contributed by atoms with Gasteiger partial charge in [0.1, 0.15) is 11.5 Å². The monoisotopic (exact) mass is 342 g/mol. The molecule has 2 aromatic rings. The van der Waals surface area contributed by atoms with Gasteiger partial charge >= 0.3 is 0 Å². The minimum Gasteiger partial charge on any atom is -0.369 e. The summed E-state index contributed by atoms with van der Waals surface area (Å²) in [6.45, 7) is 2.77. The summed E-state index contributed by atoms with van der Waals surface area (Å²) < 4.78 is 27.7. The highest BCUT2D eigenvalue weighted by Crippen LogP contribution is 2.26. The zero-order chi connectivity index (χ0) is 14.5. The molecule has 0 unspecified atom stereocenters. The number of nitrogens with zero attached hydrogens (tertiary/aromatic N) is 2. The third-order valence-corrected chi connectivity index (χ3v) is 2.91. The lowest BCUT2D eigenvalue weighted by Crippen LogP contribution is -2.05. The van der Waals surface area contributed by atoms with Gasteiger partial charge in [-0.2, -0.15) is 0 Å². The molecule has 2 N–H and O–H groups in total. The Morgan fingerprint density at radius 2 is 1.80 bits per heavy atom. The van der Waals surface area contributed by atoms with Gasteiger partial charge in [-0.1, -0.05) is 22.9 Å². The number of benzene rings is 1. The average molecular weight is 343 g/mol. The molecule has 4 nitrogen and oxygen atoms in total. The quantitative estimate of drug-likeness (QED) is 0.859. The molecule has 0 aliphatic rings. The van der Waals surface area contributed by atoms with Gasteiger partial charge in [-0.15, -0.1) is 0 Å². The summed E-state index contributed by atoms with van der Waals surface area (Å²) in [5.74, 6) is -0.586. The first-order valence-corrected chi connectivity index (χ1v) is 6.87. The van der Waals surface area contributed by atoms with Gasteiger partial charge in [-0.05, 0) is 18.6 Å². The van der Waals surface area contributed by atoms with Gasteiger partial charge in [0.15, 0.2) is 17.5 Å². The second-order valence-corrected chi connectivity index (χ2v) is 5.00. The van der Waals surface area contributed by atoms with E-state index in [1.165, 1.54) is 18.3 Å². The third kappa shape index (κ3) is 3.63. The molecule has 7 heteroatoms. The van der Waals surface area contributed by atoms with E-state index in [1.807, 2.05) is 6.92 Å². The normalized spacial score (nSPS) is 10.4. The van der Waals surface area contributed by atoms with Crippen LogP contribution in [0.15, 0.2) is 29.0 Å². The molecule has 0 radical (unpaired) electrons. The molecule has 0 fully saturated rings. The van der Waals surface area contributed by atoms with Gasteiger partial charge in [0, 0.05) is 11.0 Å². The van der Waals surface area contributed by atoms with Crippen molar-refractivity contribution in [2.24, 2.45) is 0 Å². The fraction of sp³-hybridized carbons (Fsp3) is 0.231. The Morgan fingerprint density at radius 3 is 2.45 bits per heavy atom. The number of rotatable bonds is 5. The first kappa shape index (κ1) is 14.6. The molecule has 0 amide bonds. The Kier molecular flexibility index (Phi) is 4.84. The van der Waals surface area contributed by atoms with Crippen molar-refractivity contribution in [3.05, 3.63) is 40.6 Å². The summed E-state index contributed by atoms with van der Waals surface area (Å²) in [5, 5.41) is 5.65. The van der Waals surface area contributed by atoms with Crippen molar-refractivity contribution in [3.63, 3.8) is 0 Å². The van der Waals surface area contributed by atoms with Gasteiger partial charge in [-0.3, -0.25) is 4.98 Å². The fourth-order valence-electron chi connectivity index (χ4n) is 1.55. The molecule has 0 aliphatic carbocycles. The number of hydrogen-bond acceptors (Lipinski definition) is 4. The van der Waals surface area contributed by atoms with Gasteiger partial charge < -0.3 is 10.6 Å². The van der Waals surface area contributed by atoms with Crippen molar-refractivity contribution in [2.75, 3.05) is 17.2 Å². The zero-order valence-electron chi connectivity index (χ0n) is 10.8. The molecule has 0 spiro atoms. The van der Waals surface area contributed by atoms with E-state index < -0.39 is 11.6 Å². The van der Waals surface area contributed by atoms with Crippen LogP contribution in [0.2, 0.25) is 0 Å². The van der Waals surface area contributed by atoms with Crippen LogP contribution in [-0.4, -0.2) is 16.5 Å². The average Bonchev–Trinajstić information content (AvgIpc) is 2.41. The van der Waals surface area contributed by atoms with Crippen LogP contribution in [0.25, 0.3) is 0 Å². The van der Waals surface area contributed by atoms with Crippen molar-refractivity contribution in [1.82, 2.24) is 9.97 Å². The van der Waals surface area contributed by atoms with Crippen molar-refractivity contribution >= 4 is 33.3 Å². The van der Waals surface area contributed by atoms with Gasteiger partial charge in [0.2, 0.25) is 0 Å². The van der Waals surface area contributed by atoms with E-state index in [-0.39, 0.29) is 11.5 Å². The molecule has 0 saturated heterocycles. The maximum absolute atomic E-state index is 13.7. The summed E-state index contributed by atoms with van der Waals surface area (Å²) in [7, 11) is 0. The Hall–Kier alpha value is -1.76.